The van der Waals surface area contributed by atoms with Crippen LogP contribution in [-0.4, -0.2) is 29.4 Å². The van der Waals surface area contributed by atoms with Gasteiger partial charge in [0.25, 0.3) is 0 Å². The highest BCUT2D eigenvalue weighted by molar-refractivity contribution is 5.81. The maximum absolute atomic E-state index is 11.9. The van der Waals surface area contributed by atoms with Gasteiger partial charge in [0, 0.05) is 37.3 Å². The number of aryl methyl sites for hydroxylation is 1. The standard InChI is InChI=1S/C18H27N3O2/c1-17(2,3)23-16(22)20-12-18(4,11-19)14-7-6-13-8-9-21(5)15(13)10-14/h6-10H,11-12,19H2,1-5H3,(H,20,22). The summed E-state index contributed by atoms with van der Waals surface area (Å²) < 4.78 is 7.38. The summed E-state index contributed by atoms with van der Waals surface area (Å²) >= 11 is 0. The van der Waals surface area contributed by atoms with Crippen molar-refractivity contribution in [3.8, 4) is 0 Å². The molecule has 0 fully saturated rings. The molecular formula is C18H27N3O2. The Balaban J connectivity index is 2.18. The van der Waals surface area contributed by atoms with Crippen molar-refractivity contribution in [3.63, 3.8) is 0 Å². The summed E-state index contributed by atoms with van der Waals surface area (Å²) in [5, 5.41) is 4.03. The molecule has 1 aromatic heterocycles. The van der Waals surface area contributed by atoms with Crippen LogP contribution in [0.25, 0.3) is 10.9 Å². The van der Waals surface area contributed by atoms with Crippen molar-refractivity contribution >= 4 is 17.0 Å². The third kappa shape index (κ3) is 4.05. The number of amides is 1. The first kappa shape index (κ1) is 17.3. The molecule has 0 aliphatic carbocycles. The van der Waals surface area contributed by atoms with Crippen LogP contribution in [0.1, 0.15) is 33.3 Å². The first-order chi connectivity index (χ1) is 10.6. The maximum Gasteiger partial charge on any atom is 0.407 e. The van der Waals surface area contributed by atoms with Gasteiger partial charge < -0.3 is 20.4 Å². The SMILES string of the molecule is Cn1ccc2ccc(C(C)(CN)CNC(=O)OC(C)(C)C)cc21. The second kappa shape index (κ2) is 6.24. The number of hydrogen-bond acceptors (Lipinski definition) is 3. The highest BCUT2D eigenvalue weighted by Crippen LogP contribution is 2.26. The molecule has 23 heavy (non-hydrogen) atoms. The van der Waals surface area contributed by atoms with Crippen LogP contribution in [0.5, 0.6) is 0 Å². The Morgan fingerprint density at radius 3 is 2.57 bits per heavy atom. The van der Waals surface area contributed by atoms with E-state index < -0.39 is 11.7 Å². The Morgan fingerprint density at radius 1 is 1.26 bits per heavy atom. The van der Waals surface area contributed by atoms with E-state index in [1.165, 1.54) is 5.39 Å². The largest absolute Gasteiger partial charge is 0.444 e. The Hall–Kier alpha value is -2.01. The van der Waals surface area contributed by atoms with Gasteiger partial charge in [0.1, 0.15) is 5.60 Å². The molecule has 0 saturated heterocycles. The number of aromatic nitrogens is 1. The summed E-state index contributed by atoms with van der Waals surface area (Å²) in [6, 6.07) is 8.38. The lowest BCUT2D eigenvalue weighted by atomic mass is 9.82. The van der Waals surface area contributed by atoms with E-state index in [-0.39, 0.29) is 5.41 Å². The first-order valence-corrected chi connectivity index (χ1v) is 7.87. The molecule has 2 aromatic rings. The fourth-order valence-corrected chi connectivity index (χ4v) is 2.51. The quantitative estimate of drug-likeness (QED) is 0.911. The summed E-state index contributed by atoms with van der Waals surface area (Å²) in [6.07, 6.45) is 1.62. The average Bonchev–Trinajstić information content (AvgIpc) is 2.84. The van der Waals surface area contributed by atoms with Gasteiger partial charge in [0.15, 0.2) is 0 Å². The summed E-state index contributed by atoms with van der Waals surface area (Å²) in [7, 11) is 2.02. The van der Waals surface area contributed by atoms with Gasteiger partial charge in [-0.3, -0.25) is 0 Å². The van der Waals surface area contributed by atoms with Crippen LogP contribution in [0.2, 0.25) is 0 Å². The second-order valence-corrected chi connectivity index (χ2v) is 7.32. The number of hydrogen-bond donors (Lipinski definition) is 2. The molecule has 0 spiro atoms. The molecule has 2 rings (SSSR count). The lowest BCUT2D eigenvalue weighted by Crippen LogP contribution is -2.45. The zero-order chi connectivity index (χ0) is 17.3. The molecule has 1 heterocycles. The lowest BCUT2D eigenvalue weighted by molar-refractivity contribution is 0.0516. The smallest absolute Gasteiger partial charge is 0.407 e. The van der Waals surface area contributed by atoms with E-state index >= 15 is 0 Å². The normalized spacial score (nSPS) is 14.5. The third-order valence-corrected chi connectivity index (χ3v) is 4.06. The number of alkyl carbamates (subject to hydrolysis) is 1. The Kier molecular flexibility index (Phi) is 4.71. The van der Waals surface area contributed by atoms with Gasteiger partial charge >= 0.3 is 6.09 Å². The van der Waals surface area contributed by atoms with E-state index in [1.807, 2.05) is 34.0 Å². The molecule has 3 N–H and O–H groups in total. The zero-order valence-electron chi connectivity index (χ0n) is 14.6. The van der Waals surface area contributed by atoms with E-state index in [0.29, 0.717) is 13.1 Å². The van der Waals surface area contributed by atoms with E-state index in [0.717, 1.165) is 11.1 Å². The number of benzene rings is 1. The van der Waals surface area contributed by atoms with Gasteiger partial charge in [-0.1, -0.05) is 19.1 Å². The topological polar surface area (TPSA) is 69.3 Å². The van der Waals surface area contributed by atoms with Gasteiger partial charge in [-0.2, -0.15) is 0 Å². The van der Waals surface area contributed by atoms with Crippen molar-refractivity contribution < 1.29 is 9.53 Å². The maximum atomic E-state index is 11.9. The molecular weight excluding hydrogens is 290 g/mol. The molecule has 1 aromatic carbocycles. The molecule has 0 bridgehead atoms. The van der Waals surface area contributed by atoms with Gasteiger partial charge in [-0.05, 0) is 43.9 Å². The van der Waals surface area contributed by atoms with E-state index in [9.17, 15) is 4.79 Å². The molecule has 0 saturated carbocycles. The Bertz CT molecular complexity index is 700. The van der Waals surface area contributed by atoms with Crippen molar-refractivity contribution in [2.45, 2.75) is 38.7 Å². The predicted molar refractivity (Wildman–Crippen MR) is 93.6 cm³/mol. The summed E-state index contributed by atoms with van der Waals surface area (Å²) in [4.78, 5) is 11.9. The summed E-state index contributed by atoms with van der Waals surface area (Å²) in [5.74, 6) is 0. The molecule has 5 heteroatoms. The van der Waals surface area contributed by atoms with E-state index in [2.05, 4.69) is 41.1 Å². The lowest BCUT2D eigenvalue weighted by Gasteiger charge is -2.30. The molecule has 126 valence electrons. The van der Waals surface area contributed by atoms with Crippen molar-refractivity contribution in [1.29, 1.82) is 0 Å². The van der Waals surface area contributed by atoms with Crippen LogP contribution in [0.4, 0.5) is 4.79 Å². The fourth-order valence-electron chi connectivity index (χ4n) is 2.51. The summed E-state index contributed by atoms with van der Waals surface area (Å²) in [5.41, 5.74) is 7.40. The number of rotatable bonds is 4. The Labute approximate surface area is 137 Å². The molecule has 0 aliphatic heterocycles. The molecule has 1 atom stereocenters. The average molecular weight is 317 g/mol. The van der Waals surface area contributed by atoms with Crippen LogP contribution in [-0.2, 0) is 17.2 Å². The van der Waals surface area contributed by atoms with E-state index in [1.54, 1.807) is 0 Å². The van der Waals surface area contributed by atoms with Gasteiger partial charge in [0.2, 0.25) is 0 Å². The molecule has 1 amide bonds. The zero-order valence-corrected chi connectivity index (χ0v) is 14.6. The van der Waals surface area contributed by atoms with Crippen molar-refractivity contribution in [2.24, 2.45) is 12.8 Å². The number of fused-ring (bicyclic) bond motifs is 1. The van der Waals surface area contributed by atoms with Gasteiger partial charge in [-0.25, -0.2) is 4.79 Å². The van der Waals surface area contributed by atoms with Crippen LogP contribution >= 0.6 is 0 Å². The van der Waals surface area contributed by atoms with E-state index in [4.69, 9.17) is 10.5 Å². The number of nitrogens with two attached hydrogens (primary N) is 1. The molecule has 0 aliphatic rings. The van der Waals surface area contributed by atoms with Gasteiger partial charge in [-0.15, -0.1) is 0 Å². The van der Waals surface area contributed by atoms with Crippen LogP contribution in [0.3, 0.4) is 0 Å². The fraction of sp³-hybridized carbons (Fsp3) is 0.500. The Morgan fingerprint density at radius 2 is 1.96 bits per heavy atom. The number of nitrogens with zero attached hydrogens (tertiary/aromatic N) is 1. The van der Waals surface area contributed by atoms with Crippen LogP contribution < -0.4 is 11.1 Å². The van der Waals surface area contributed by atoms with Crippen molar-refractivity contribution in [2.75, 3.05) is 13.1 Å². The molecule has 0 radical (unpaired) electrons. The number of carbonyl (C=O) groups excluding carboxylic acids is 1. The molecule has 5 nitrogen and oxygen atoms in total. The highest BCUT2D eigenvalue weighted by Gasteiger charge is 2.27. The minimum atomic E-state index is -0.509. The number of nitrogens with one attached hydrogen (secondary N) is 1. The second-order valence-electron chi connectivity index (χ2n) is 7.32. The first-order valence-electron chi connectivity index (χ1n) is 7.87. The minimum absolute atomic E-state index is 0.352. The van der Waals surface area contributed by atoms with Crippen molar-refractivity contribution in [1.82, 2.24) is 9.88 Å². The van der Waals surface area contributed by atoms with Crippen LogP contribution in [0.15, 0.2) is 30.5 Å². The third-order valence-electron chi connectivity index (χ3n) is 4.06. The van der Waals surface area contributed by atoms with Crippen LogP contribution in [0, 0.1) is 0 Å². The van der Waals surface area contributed by atoms with Gasteiger partial charge in [0.05, 0.1) is 0 Å². The minimum Gasteiger partial charge on any atom is -0.444 e. The predicted octanol–water partition coefficient (Wildman–Crippen LogP) is 2.92. The number of carbonyl (C=O) groups is 1. The number of ether oxygens (including phenoxy) is 1. The monoisotopic (exact) mass is 317 g/mol. The summed E-state index contributed by atoms with van der Waals surface area (Å²) in [6.45, 7) is 8.44. The highest BCUT2D eigenvalue weighted by atomic mass is 16.6. The van der Waals surface area contributed by atoms with Crippen molar-refractivity contribution in [3.05, 3.63) is 36.0 Å². The molecule has 1 unspecified atom stereocenters.